The van der Waals surface area contributed by atoms with Crippen LogP contribution < -0.4 is 9.64 Å². The molecule has 0 saturated carbocycles. The molecule has 1 N–H and O–H groups in total. The molecule has 6 nitrogen and oxygen atoms in total. The van der Waals surface area contributed by atoms with Crippen molar-refractivity contribution < 1.29 is 19.4 Å². The highest BCUT2D eigenvalue weighted by molar-refractivity contribution is 6.51. The third-order valence-electron chi connectivity index (χ3n) is 6.53. The second-order valence-electron chi connectivity index (χ2n) is 8.99. The Balaban J connectivity index is 1.56. The number of aromatic nitrogens is 1. The number of amides is 1. The number of hydrogen-bond donors (Lipinski definition) is 1. The lowest BCUT2D eigenvalue weighted by molar-refractivity contribution is -0.132. The maximum atomic E-state index is 13.4. The molecule has 0 bridgehead atoms. The largest absolute Gasteiger partial charge is 0.507 e. The average molecular weight is 491 g/mol. The molecule has 1 amide bonds. The Kier molecular flexibility index (Phi) is 6.56. The predicted molar refractivity (Wildman–Crippen MR) is 142 cm³/mol. The Hall–Kier alpha value is -4.71. The van der Waals surface area contributed by atoms with Crippen LogP contribution in [-0.2, 0) is 16.2 Å². The summed E-state index contributed by atoms with van der Waals surface area (Å²) in [6, 6.07) is 25.2. The van der Waals surface area contributed by atoms with Crippen LogP contribution in [0.15, 0.2) is 103 Å². The van der Waals surface area contributed by atoms with Crippen LogP contribution in [-0.4, -0.2) is 21.8 Å². The number of hydrogen-bond acceptors (Lipinski definition) is 5. The smallest absolute Gasteiger partial charge is 0.300 e. The normalized spacial score (nSPS) is 16.7. The summed E-state index contributed by atoms with van der Waals surface area (Å²) in [4.78, 5) is 32.2. The molecule has 37 heavy (non-hydrogen) atoms. The van der Waals surface area contributed by atoms with E-state index in [1.54, 1.807) is 48.8 Å². The Morgan fingerprint density at radius 1 is 0.892 bits per heavy atom. The first-order valence-corrected chi connectivity index (χ1v) is 12.0. The molecule has 1 saturated heterocycles. The first-order valence-electron chi connectivity index (χ1n) is 12.0. The summed E-state index contributed by atoms with van der Waals surface area (Å²) in [5.74, 6) is -0.970. The SMILES string of the molecule is Cc1cc(/C(O)=C2/C(=O)C(=O)N(c3ccccc3C)C2c2ccncc2)ccc1OCc1ccccc1. The fourth-order valence-electron chi connectivity index (χ4n) is 4.63. The summed E-state index contributed by atoms with van der Waals surface area (Å²) in [5, 5.41) is 11.4. The van der Waals surface area contributed by atoms with Crippen molar-refractivity contribution >= 4 is 23.1 Å². The minimum Gasteiger partial charge on any atom is -0.507 e. The first kappa shape index (κ1) is 24.0. The molecule has 6 heteroatoms. The Labute approximate surface area is 215 Å². The van der Waals surface area contributed by atoms with Crippen molar-refractivity contribution in [1.29, 1.82) is 0 Å². The van der Waals surface area contributed by atoms with Crippen molar-refractivity contribution in [2.24, 2.45) is 0 Å². The molecule has 1 aromatic heterocycles. The number of ketones is 1. The maximum Gasteiger partial charge on any atom is 0.300 e. The van der Waals surface area contributed by atoms with Crippen molar-refractivity contribution in [3.8, 4) is 5.75 Å². The number of ether oxygens (including phenoxy) is 1. The minimum absolute atomic E-state index is 0.0387. The lowest BCUT2D eigenvalue weighted by Gasteiger charge is -2.26. The topological polar surface area (TPSA) is 79.7 Å². The van der Waals surface area contributed by atoms with E-state index >= 15 is 0 Å². The molecule has 1 aliphatic rings. The summed E-state index contributed by atoms with van der Waals surface area (Å²) >= 11 is 0. The summed E-state index contributed by atoms with van der Waals surface area (Å²) in [7, 11) is 0. The van der Waals surface area contributed by atoms with Gasteiger partial charge in [0.25, 0.3) is 11.7 Å². The van der Waals surface area contributed by atoms with E-state index in [-0.39, 0.29) is 11.3 Å². The van der Waals surface area contributed by atoms with Gasteiger partial charge in [-0.3, -0.25) is 19.5 Å². The van der Waals surface area contributed by atoms with E-state index in [0.717, 1.165) is 16.7 Å². The monoisotopic (exact) mass is 490 g/mol. The minimum atomic E-state index is -0.793. The van der Waals surface area contributed by atoms with Crippen LogP contribution >= 0.6 is 0 Å². The number of Topliss-reactive ketones (excluding diaryl/α,β-unsaturated/α-hetero) is 1. The molecule has 1 atom stereocenters. The number of aryl methyl sites for hydroxylation is 2. The van der Waals surface area contributed by atoms with Crippen LogP contribution in [0.3, 0.4) is 0 Å². The van der Waals surface area contributed by atoms with E-state index < -0.39 is 17.7 Å². The molecule has 2 heterocycles. The van der Waals surface area contributed by atoms with Crippen molar-refractivity contribution in [1.82, 2.24) is 4.98 Å². The summed E-state index contributed by atoms with van der Waals surface area (Å²) < 4.78 is 5.97. The van der Waals surface area contributed by atoms with E-state index in [0.29, 0.717) is 29.2 Å². The van der Waals surface area contributed by atoms with Crippen LogP contribution in [0.1, 0.15) is 33.9 Å². The van der Waals surface area contributed by atoms with Gasteiger partial charge in [-0.25, -0.2) is 0 Å². The highest BCUT2D eigenvalue weighted by Crippen LogP contribution is 2.43. The molecular formula is C31H26N2O4. The van der Waals surface area contributed by atoms with Gasteiger partial charge >= 0.3 is 0 Å². The molecular weight excluding hydrogens is 464 g/mol. The average Bonchev–Trinajstić information content (AvgIpc) is 3.19. The Bertz CT molecular complexity index is 1500. The van der Waals surface area contributed by atoms with E-state index in [4.69, 9.17) is 4.74 Å². The van der Waals surface area contributed by atoms with Gasteiger partial charge in [-0.15, -0.1) is 0 Å². The lowest BCUT2D eigenvalue weighted by Crippen LogP contribution is -2.30. The number of para-hydroxylation sites is 1. The number of benzene rings is 3. The first-order chi connectivity index (χ1) is 18.0. The molecule has 1 unspecified atom stereocenters. The van der Waals surface area contributed by atoms with E-state index in [2.05, 4.69) is 4.98 Å². The van der Waals surface area contributed by atoms with Gasteiger partial charge in [0.1, 0.15) is 18.1 Å². The maximum absolute atomic E-state index is 13.4. The third kappa shape index (κ3) is 4.61. The molecule has 3 aromatic carbocycles. The van der Waals surface area contributed by atoms with Crippen LogP contribution in [0.5, 0.6) is 5.75 Å². The van der Waals surface area contributed by atoms with Gasteiger partial charge in [-0.05, 0) is 72.5 Å². The molecule has 0 radical (unpaired) electrons. The Morgan fingerprint density at radius 3 is 2.30 bits per heavy atom. The second kappa shape index (κ2) is 10.1. The molecule has 1 fully saturated rings. The summed E-state index contributed by atoms with van der Waals surface area (Å²) in [6.07, 6.45) is 3.21. The molecule has 5 rings (SSSR count). The van der Waals surface area contributed by atoms with E-state index in [9.17, 15) is 14.7 Å². The van der Waals surface area contributed by atoms with Crippen molar-refractivity contribution in [2.45, 2.75) is 26.5 Å². The molecule has 0 spiro atoms. The zero-order valence-corrected chi connectivity index (χ0v) is 20.6. The molecule has 4 aromatic rings. The molecule has 0 aliphatic carbocycles. The van der Waals surface area contributed by atoms with Crippen molar-refractivity contribution in [3.63, 3.8) is 0 Å². The zero-order chi connectivity index (χ0) is 25.9. The standard InChI is InChI=1S/C31H26N2O4/c1-20-8-6-7-11-25(20)33-28(23-14-16-32-17-15-23)27(30(35)31(33)36)29(34)24-12-13-26(21(2)18-24)37-19-22-9-4-3-5-10-22/h3-18,28,34H,19H2,1-2H3/b29-27-. The molecule has 1 aliphatic heterocycles. The third-order valence-corrected chi connectivity index (χ3v) is 6.53. The fraction of sp³-hybridized carbons (Fsp3) is 0.129. The van der Waals surface area contributed by atoms with Gasteiger partial charge in [0.2, 0.25) is 0 Å². The number of aliphatic hydroxyl groups is 1. The van der Waals surface area contributed by atoms with E-state index in [1.165, 1.54) is 4.90 Å². The van der Waals surface area contributed by atoms with Gasteiger partial charge in [-0.2, -0.15) is 0 Å². The second-order valence-corrected chi connectivity index (χ2v) is 8.99. The number of carbonyl (C=O) groups is 2. The predicted octanol–water partition coefficient (Wildman–Crippen LogP) is 5.90. The number of rotatable bonds is 6. The van der Waals surface area contributed by atoms with Crippen LogP contribution in [0.4, 0.5) is 5.69 Å². The highest BCUT2D eigenvalue weighted by Gasteiger charge is 2.47. The zero-order valence-electron chi connectivity index (χ0n) is 20.6. The van der Waals surface area contributed by atoms with Crippen LogP contribution in [0.25, 0.3) is 5.76 Å². The lowest BCUT2D eigenvalue weighted by atomic mass is 9.95. The van der Waals surface area contributed by atoms with Crippen molar-refractivity contribution in [3.05, 3.63) is 131 Å². The number of anilines is 1. The van der Waals surface area contributed by atoms with Gasteiger partial charge in [0.15, 0.2) is 0 Å². The fourth-order valence-corrected chi connectivity index (χ4v) is 4.63. The van der Waals surface area contributed by atoms with Gasteiger partial charge in [0, 0.05) is 23.6 Å². The highest BCUT2D eigenvalue weighted by atomic mass is 16.5. The van der Waals surface area contributed by atoms with Gasteiger partial charge in [0.05, 0.1) is 11.6 Å². The van der Waals surface area contributed by atoms with Crippen molar-refractivity contribution in [2.75, 3.05) is 4.90 Å². The summed E-state index contributed by atoms with van der Waals surface area (Å²) in [6.45, 7) is 4.18. The van der Waals surface area contributed by atoms with E-state index in [1.807, 2.05) is 62.4 Å². The van der Waals surface area contributed by atoms with Gasteiger partial charge < -0.3 is 9.84 Å². The number of carbonyl (C=O) groups excluding carboxylic acids is 2. The Morgan fingerprint density at radius 2 is 1.59 bits per heavy atom. The quantitative estimate of drug-likeness (QED) is 0.207. The van der Waals surface area contributed by atoms with Crippen LogP contribution in [0.2, 0.25) is 0 Å². The number of nitrogens with zero attached hydrogens (tertiary/aromatic N) is 2. The van der Waals surface area contributed by atoms with Crippen LogP contribution in [0, 0.1) is 13.8 Å². The number of aliphatic hydroxyl groups excluding tert-OH is 1. The summed E-state index contributed by atoms with van der Waals surface area (Å²) in [5.41, 5.74) is 4.46. The van der Waals surface area contributed by atoms with Gasteiger partial charge in [-0.1, -0.05) is 48.5 Å². The molecule has 184 valence electrons. The number of pyridine rings is 1.